The lowest BCUT2D eigenvalue weighted by Crippen LogP contribution is -2.23. The number of alkyl halides is 2. The molecule has 1 aromatic carbocycles. The molecule has 0 aliphatic carbocycles. The lowest BCUT2D eigenvalue weighted by Gasteiger charge is -2.10. The van der Waals surface area contributed by atoms with Crippen molar-refractivity contribution in [3.05, 3.63) is 83.3 Å². The summed E-state index contributed by atoms with van der Waals surface area (Å²) in [5.41, 5.74) is 3.19. The lowest BCUT2D eigenvalue weighted by molar-refractivity contribution is 0.0950. The molecule has 5 rings (SSSR count). The molecule has 11 heteroatoms. The van der Waals surface area contributed by atoms with Crippen LogP contribution in [0.5, 0.6) is 0 Å². The summed E-state index contributed by atoms with van der Waals surface area (Å²) >= 11 is 0. The number of rotatable bonds is 6. The number of pyridine rings is 3. The van der Waals surface area contributed by atoms with Crippen LogP contribution in [0.1, 0.15) is 27.3 Å². The van der Waals surface area contributed by atoms with Crippen LogP contribution in [0.4, 0.5) is 8.78 Å². The predicted molar refractivity (Wildman–Crippen MR) is 132 cm³/mol. The Morgan fingerprint density at radius 2 is 1.86 bits per heavy atom. The van der Waals surface area contributed by atoms with E-state index in [2.05, 4.69) is 20.3 Å². The van der Waals surface area contributed by atoms with Gasteiger partial charge in [0.15, 0.2) is 9.84 Å². The fourth-order valence-electron chi connectivity index (χ4n) is 4.03. The highest BCUT2D eigenvalue weighted by molar-refractivity contribution is 7.91. The van der Waals surface area contributed by atoms with Gasteiger partial charge in [-0.25, -0.2) is 22.2 Å². The fourth-order valence-corrected chi connectivity index (χ4v) is 5.42. The number of nitrogens with one attached hydrogen (secondary N) is 1. The van der Waals surface area contributed by atoms with Crippen LogP contribution in [-0.4, -0.2) is 48.1 Å². The second-order valence-corrected chi connectivity index (χ2v) is 10.6. The molecule has 8 nitrogen and oxygen atoms in total. The summed E-state index contributed by atoms with van der Waals surface area (Å²) in [6, 6.07) is 14.7. The third-order valence-corrected chi connectivity index (χ3v) is 7.67. The average molecular weight is 525 g/mol. The van der Waals surface area contributed by atoms with Crippen LogP contribution in [0, 0.1) is 0 Å². The molecule has 0 radical (unpaired) electrons. The van der Waals surface area contributed by atoms with E-state index in [0.29, 0.717) is 28.2 Å². The first kappa shape index (κ1) is 24.8. The zero-order valence-corrected chi connectivity index (χ0v) is 20.3. The van der Waals surface area contributed by atoms with Gasteiger partial charge in [-0.05, 0) is 48.0 Å². The summed E-state index contributed by atoms with van der Waals surface area (Å²) in [4.78, 5) is 26.1. The molecule has 0 spiro atoms. The molecule has 4 aromatic rings. The monoisotopic (exact) mass is 524 g/mol. The average Bonchev–Trinajstić information content (AvgIpc) is 3.04. The van der Waals surface area contributed by atoms with E-state index in [1.54, 1.807) is 48.7 Å². The number of fused-ring (bicyclic) bond motifs is 2. The molecular formula is C26H22F2N4O4S. The normalized spacial score (nSPS) is 14.8. The maximum Gasteiger partial charge on any atom is 0.251 e. The maximum absolute atomic E-state index is 12.8. The van der Waals surface area contributed by atoms with E-state index < -0.39 is 28.6 Å². The van der Waals surface area contributed by atoms with Crippen molar-refractivity contribution < 1.29 is 26.7 Å². The van der Waals surface area contributed by atoms with E-state index in [1.165, 1.54) is 6.07 Å². The van der Waals surface area contributed by atoms with Gasteiger partial charge in [0, 0.05) is 22.8 Å². The zero-order valence-electron chi connectivity index (χ0n) is 19.5. The van der Waals surface area contributed by atoms with E-state index in [0.717, 1.165) is 5.39 Å². The molecule has 0 atom stereocenters. The van der Waals surface area contributed by atoms with Gasteiger partial charge in [0.05, 0.1) is 59.4 Å². The number of nitrogens with zero attached hydrogens (tertiary/aromatic N) is 3. The van der Waals surface area contributed by atoms with Gasteiger partial charge in [0.2, 0.25) is 6.43 Å². The summed E-state index contributed by atoms with van der Waals surface area (Å²) < 4.78 is 55.8. The SMILES string of the molecule is O=C(NCc1cc2nc(-c3cccc(CC(F)F)n3)ccc2cn1)c1ccc2c(c1)S(=O)(=O)CCOC2. The number of carbonyl (C=O) groups excluding carboxylic acids is 1. The summed E-state index contributed by atoms with van der Waals surface area (Å²) in [6.45, 7) is 0.382. The molecule has 0 saturated heterocycles. The molecule has 0 bridgehead atoms. The smallest absolute Gasteiger partial charge is 0.251 e. The maximum atomic E-state index is 12.8. The van der Waals surface area contributed by atoms with E-state index in [4.69, 9.17) is 4.74 Å². The molecule has 1 N–H and O–H groups in total. The number of carbonyl (C=O) groups is 1. The summed E-state index contributed by atoms with van der Waals surface area (Å²) in [7, 11) is -3.53. The molecule has 4 heterocycles. The van der Waals surface area contributed by atoms with Gasteiger partial charge in [-0.15, -0.1) is 0 Å². The van der Waals surface area contributed by atoms with Crippen LogP contribution in [0.25, 0.3) is 22.3 Å². The van der Waals surface area contributed by atoms with Crippen molar-refractivity contribution in [3.63, 3.8) is 0 Å². The Balaban J connectivity index is 1.34. The van der Waals surface area contributed by atoms with Crippen LogP contribution in [-0.2, 0) is 34.1 Å². The number of halogens is 2. The second-order valence-electron chi connectivity index (χ2n) is 8.55. The molecule has 190 valence electrons. The third kappa shape index (κ3) is 5.62. The second kappa shape index (κ2) is 10.3. The van der Waals surface area contributed by atoms with Crippen molar-refractivity contribution in [1.82, 2.24) is 20.3 Å². The molecule has 3 aromatic heterocycles. The fraction of sp³-hybridized carbons (Fsp3) is 0.231. The van der Waals surface area contributed by atoms with Gasteiger partial charge in [-0.3, -0.25) is 14.8 Å². The number of hydrogen-bond donors (Lipinski definition) is 1. The molecule has 0 fully saturated rings. The van der Waals surface area contributed by atoms with Crippen molar-refractivity contribution in [2.24, 2.45) is 0 Å². The van der Waals surface area contributed by atoms with Gasteiger partial charge in [0.25, 0.3) is 5.91 Å². The number of ether oxygens (including phenoxy) is 1. The van der Waals surface area contributed by atoms with Crippen LogP contribution in [0.3, 0.4) is 0 Å². The van der Waals surface area contributed by atoms with Gasteiger partial charge in [0.1, 0.15) is 0 Å². The Morgan fingerprint density at radius 3 is 2.70 bits per heavy atom. The topological polar surface area (TPSA) is 111 Å². The van der Waals surface area contributed by atoms with Crippen LogP contribution < -0.4 is 5.32 Å². The summed E-state index contributed by atoms with van der Waals surface area (Å²) in [6.07, 6.45) is -1.29. The molecule has 0 unspecified atom stereocenters. The number of amides is 1. The highest BCUT2D eigenvalue weighted by atomic mass is 32.2. The Labute approximate surface area is 211 Å². The van der Waals surface area contributed by atoms with E-state index in [9.17, 15) is 22.0 Å². The highest BCUT2D eigenvalue weighted by Crippen LogP contribution is 2.24. The number of sulfone groups is 1. The Hall–Kier alpha value is -3.83. The van der Waals surface area contributed by atoms with Crippen molar-refractivity contribution >= 4 is 26.6 Å². The first-order valence-corrected chi connectivity index (χ1v) is 13.2. The van der Waals surface area contributed by atoms with Crippen LogP contribution in [0.2, 0.25) is 0 Å². The van der Waals surface area contributed by atoms with Crippen LogP contribution >= 0.6 is 0 Å². The van der Waals surface area contributed by atoms with Crippen molar-refractivity contribution in [3.8, 4) is 11.4 Å². The lowest BCUT2D eigenvalue weighted by atomic mass is 10.1. The van der Waals surface area contributed by atoms with E-state index in [-0.39, 0.29) is 41.7 Å². The Bertz CT molecular complexity index is 1600. The van der Waals surface area contributed by atoms with Gasteiger partial charge in [-0.2, -0.15) is 0 Å². The van der Waals surface area contributed by atoms with Crippen molar-refractivity contribution in [1.29, 1.82) is 0 Å². The molecule has 1 amide bonds. The number of benzene rings is 1. The summed E-state index contributed by atoms with van der Waals surface area (Å²) in [5.74, 6) is -0.570. The number of hydrogen-bond acceptors (Lipinski definition) is 7. The standard InChI is InChI=1S/C26H22F2N4O4S/c27-25(28)12-19-2-1-3-21(31-19)22-7-6-17-13-29-20(11-23(17)32-22)14-30-26(33)16-4-5-18-15-36-8-9-37(34,35)24(18)10-16/h1-7,10-11,13,25H,8-9,12,14-15H2,(H,30,33). The van der Waals surface area contributed by atoms with Crippen molar-refractivity contribution in [2.75, 3.05) is 12.4 Å². The zero-order chi connectivity index (χ0) is 26.0. The first-order chi connectivity index (χ1) is 17.8. The van der Waals surface area contributed by atoms with E-state index in [1.807, 2.05) is 6.07 Å². The minimum atomic E-state index is -3.53. The predicted octanol–water partition coefficient (Wildman–Crippen LogP) is 3.73. The third-order valence-electron chi connectivity index (χ3n) is 5.91. The minimum absolute atomic E-state index is 0.0930. The first-order valence-electron chi connectivity index (χ1n) is 11.5. The molecular weight excluding hydrogens is 502 g/mol. The van der Waals surface area contributed by atoms with Gasteiger partial charge >= 0.3 is 0 Å². The summed E-state index contributed by atoms with van der Waals surface area (Å²) in [5, 5.41) is 3.53. The Kier molecular flexibility index (Phi) is 6.90. The molecule has 1 aliphatic heterocycles. The molecule has 1 aliphatic rings. The van der Waals surface area contributed by atoms with Crippen LogP contribution in [0.15, 0.2) is 65.7 Å². The van der Waals surface area contributed by atoms with Crippen molar-refractivity contribution in [2.45, 2.75) is 30.9 Å². The molecule has 0 saturated carbocycles. The Morgan fingerprint density at radius 1 is 1.03 bits per heavy atom. The van der Waals surface area contributed by atoms with Gasteiger partial charge < -0.3 is 10.1 Å². The quantitative estimate of drug-likeness (QED) is 0.409. The number of aromatic nitrogens is 3. The van der Waals surface area contributed by atoms with E-state index >= 15 is 0 Å². The highest BCUT2D eigenvalue weighted by Gasteiger charge is 2.23. The molecule has 37 heavy (non-hydrogen) atoms. The minimum Gasteiger partial charge on any atom is -0.376 e. The van der Waals surface area contributed by atoms with Gasteiger partial charge in [-0.1, -0.05) is 12.1 Å². The largest absolute Gasteiger partial charge is 0.376 e.